The van der Waals surface area contributed by atoms with Crippen LogP contribution in [0, 0.1) is 17.8 Å². The van der Waals surface area contributed by atoms with Crippen molar-refractivity contribution in [3.05, 3.63) is 18.0 Å². The van der Waals surface area contributed by atoms with E-state index in [9.17, 15) is 0 Å². The van der Waals surface area contributed by atoms with E-state index in [0.717, 1.165) is 30.7 Å². The van der Waals surface area contributed by atoms with Crippen molar-refractivity contribution in [3.63, 3.8) is 0 Å². The largest absolute Gasteiger partial charge is 0.316 e. The van der Waals surface area contributed by atoms with Crippen LogP contribution in [0.25, 0.3) is 0 Å². The van der Waals surface area contributed by atoms with E-state index in [1.54, 1.807) is 0 Å². The second-order valence-corrected chi connectivity index (χ2v) is 5.83. The summed E-state index contributed by atoms with van der Waals surface area (Å²) in [6, 6.07) is 2.15. The summed E-state index contributed by atoms with van der Waals surface area (Å²) in [6.45, 7) is 6.86. The average molecular weight is 235 g/mol. The SMILES string of the molecule is CC(C)CNCC1CCC1Cc1ccn(C)n1. The van der Waals surface area contributed by atoms with Crippen LogP contribution in [0.4, 0.5) is 0 Å². The summed E-state index contributed by atoms with van der Waals surface area (Å²) in [6.07, 6.45) is 5.97. The van der Waals surface area contributed by atoms with Crippen LogP contribution in [0.3, 0.4) is 0 Å². The highest BCUT2D eigenvalue weighted by Gasteiger charge is 2.30. The third-order valence-corrected chi connectivity index (χ3v) is 3.77. The van der Waals surface area contributed by atoms with Gasteiger partial charge in [-0.05, 0) is 56.2 Å². The lowest BCUT2D eigenvalue weighted by molar-refractivity contribution is 0.168. The van der Waals surface area contributed by atoms with Crippen molar-refractivity contribution in [1.29, 1.82) is 0 Å². The molecule has 0 saturated heterocycles. The van der Waals surface area contributed by atoms with Gasteiger partial charge < -0.3 is 5.32 Å². The van der Waals surface area contributed by atoms with Gasteiger partial charge in [0.2, 0.25) is 0 Å². The first kappa shape index (κ1) is 12.6. The van der Waals surface area contributed by atoms with Gasteiger partial charge in [0.1, 0.15) is 0 Å². The molecule has 3 nitrogen and oxygen atoms in total. The summed E-state index contributed by atoms with van der Waals surface area (Å²) < 4.78 is 1.90. The zero-order valence-corrected chi connectivity index (χ0v) is 11.3. The quantitative estimate of drug-likeness (QED) is 0.819. The fourth-order valence-electron chi connectivity index (χ4n) is 2.57. The van der Waals surface area contributed by atoms with Gasteiger partial charge in [0.05, 0.1) is 5.69 Å². The van der Waals surface area contributed by atoms with E-state index in [-0.39, 0.29) is 0 Å². The van der Waals surface area contributed by atoms with Crippen molar-refractivity contribution in [2.24, 2.45) is 24.8 Å². The summed E-state index contributed by atoms with van der Waals surface area (Å²) in [5.41, 5.74) is 1.26. The number of aromatic nitrogens is 2. The number of hydrogen-bond acceptors (Lipinski definition) is 2. The molecule has 0 spiro atoms. The minimum Gasteiger partial charge on any atom is -0.316 e. The normalized spacial score (nSPS) is 24.0. The van der Waals surface area contributed by atoms with E-state index < -0.39 is 0 Å². The Balaban J connectivity index is 1.71. The van der Waals surface area contributed by atoms with Crippen LogP contribution in [0.15, 0.2) is 12.3 Å². The Hall–Kier alpha value is -0.830. The minimum atomic E-state index is 0.754. The molecule has 1 aromatic rings. The van der Waals surface area contributed by atoms with Crippen LogP contribution in [0.1, 0.15) is 32.4 Å². The first-order valence-corrected chi connectivity index (χ1v) is 6.84. The van der Waals surface area contributed by atoms with Gasteiger partial charge in [-0.25, -0.2) is 0 Å². The molecule has 1 fully saturated rings. The van der Waals surface area contributed by atoms with Gasteiger partial charge in [0.15, 0.2) is 0 Å². The lowest BCUT2D eigenvalue weighted by atomic mass is 9.71. The molecule has 2 rings (SSSR count). The summed E-state index contributed by atoms with van der Waals surface area (Å²) in [5, 5.41) is 8.05. The van der Waals surface area contributed by atoms with E-state index in [1.807, 2.05) is 17.9 Å². The van der Waals surface area contributed by atoms with Crippen molar-refractivity contribution >= 4 is 0 Å². The van der Waals surface area contributed by atoms with E-state index in [0.29, 0.717) is 0 Å². The number of aryl methyl sites for hydroxylation is 1. The van der Waals surface area contributed by atoms with Crippen molar-refractivity contribution in [1.82, 2.24) is 15.1 Å². The summed E-state index contributed by atoms with van der Waals surface area (Å²) in [5.74, 6) is 2.48. The molecular formula is C14H25N3. The number of nitrogens with zero attached hydrogens (tertiary/aromatic N) is 2. The first-order valence-electron chi connectivity index (χ1n) is 6.84. The maximum absolute atomic E-state index is 4.47. The maximum Gasteiger partial charge on any atom is 0.0627 e. The first-order chi connectivity index (χ1) is 8.15. The van der Waals surface area contributed by atoms with Gasteiger partial charge >= 0.3 is 0 Å². The Kier molecular flexibility index (Phi) is 4.21. The standard InChI is InChI=1S/C14H25N3/c1-11(2)9-15-10-13-5-4-12(13)8-14-6-7-17(3)16-14/h6-7,11-13,15H,4-5,8-10H2,1-3H3. The van der Waals surface area contributed by atoms with Gasteiger partial charge in [-0.2, -0.15) is 5.10 Å². The Bertz CT molecular complexity index is 343. The monoisotopic (exact) mass is 235 g/mol. The van der Waals surface area contributed by atoms with Crippen LogP contribution >= 0.6 is 0 Å². The van der Waals surface area contributed by atoms with Gasteiger partial charge in [-0.1, -0.05) is 13.8 Å². The number of nitrogens with one attached hydrogen (secondary N) is 1. The average Bonchev–Trinajstić information content (AvgIpc) is 2.65. The predicted octanol–water partition coefficient (Wildman–Crippen LogP) is 2.23. The maximum atomic E-state index is 4.47. The molecule has 96 valence electrons. The van der Waals surface area contributed by atoms with Gasteiger partial charge in [0.25, 0.3) is 0 Å². The third-order valence-electron chi connectivity index (χ3n) is 3.77. The molecule has 0 amide bonds. The molecule has 1 saturated carbocycles. The third kappa shape index (κ3) is 3.56. The minimum absolute atomic E-state index is 0.754. The lowest BCUT2D eigenvalue weighted by Crippen LogP contribution is -2.37. The fourth-order valence-corrected chi connectivity index (χ4v) is 2.57. The molecule has 2 atom stereocenters. The highest BCUT2D eigenvalue weighted by Crippen LogP contribution is 2.35. The molecule has 2 unspecified atom stereocenters. The smallest absolute Gasteiger partial charge is 0.0627 e. The molecule has 1 N–H and O–H groups in total. The Morgan fingerprint density at radius 2 is 2.18 bits per heavy atom. The summed E-state index contributed by atoms with van der Waals surface area (Å²) >= 11 is 0. The van der Waals surface area contributed by atoms with Crippen molar-refractivity contribution in [3.8, 4) is 0 Å². The zero-order chi connectivity index (χ0) is 12.3. The van der Waals surface area contributed by atoms with Crippen LogP contribution in [-0.2, 0) is 13.5 Å². The molecule has 1 aliphatic rings. The zero-order valence-electron chi connectivity index (χ0n) is 11.3. The molecule has 0 bridgehead atoms. The number of hydrogen-bond donors (Lipinski definition) is 1. The molecule has 17 heavy (non-hydrogen) atoms. The van der Waals surface area contributed by atoms with Crippen molar-refractivity contribution in [2.45, 2.75) is 33.1 Å². The Labute approximate surface area is 105 Å². The molecule has 1 aliphatic carbocycles. The van der Waals surface area contributed by atoms with Crippen LogP contribution in [0.5, 0.6) is 0 Å². The van der Waals surface area contributed by atoms with Crippen molar-refractivity contribution in [2.75, 3.05) is 13.1 Å². The molecule has 1 aromatic heterocycles. The van der Waals surface area contributed by atoms with E-state index in [2.05, 4.69) is 30.3 Å². The van der Waals surface area contributed by atoms with Gasteiger partial charge in [-0.15, -0.1) is 0 Å². The lowest BCUT2D eigenvalue weighted by Gasteiger charge is -2.36. The highest BCUT2D eigenvalue weighted by atomic mass is 15.2. The van der Waals surface area contributed by atoms with E-state index >= 15 is 0 Å². The van der Waals surface area contributed by atoms with Crippen LogP contribution in [0.2, 0.25) is 0 Å². The Morgan fingerprint density at radius 1 is 1.41 bits per heavy atom. The van der Waals surface area contributed by atoms with Gasteiger partial charge in [-0.3, -0.25) is 4.68 Å². The molecular weight excluding hydrogens is 210 g/mol. The molecule has 0 aliphatic heterocycles. The topological polar surface area (TPSA) is 29.9 Å². The van der Waals surface area contributed by atoms with Crippen LogP contribution in [-0.4, -0.2) is 22.9 Å². The van der Waals surface area contributed by atoms with E-state index in [1.165, 1.54) is 25.1 Å². The van der Waals surface area contributed by atoms with Crippen molar-refractivity contribution < 1.29 is 0 Å². The van der Waals surface area contributed by atoms with E-state index in [4.69, 9.17) is 0 Å². The Morgan fingerprint density at radius 3 is 2.71 bits per heavy atom. The molecule has 0 radical (unpaired) electrons. The molecule has 0 aromatic carbocycles. The highest BCUT2D eigenvalue weighted by molar-refractivity contribution is 5.02. The fraction of sp³-hybridized carbons (Fsp3) is 0.786. The van der Waals surface area contributed by atoms with Crippen LogP contribution < -0.4 is 5.32 Å². The van der Waals surface area contributed by atoms with Gasteiger partial charge in [0, 0.05) is 13.2 Å². The summed E-state index contributed by atoms with van der Waals surface area (Å²) in [4.78, 5) is 0. The molecule has 1 heterocycles. The predicted molar refractivity (Wildman–Crippen MR) is 70.8 cm³/mol. The summed E-state index contributed by atoms with van der Waals surface area (Å²) in [7, 11) is 1.99. The second kappa shape index (κ2) is 5.67. The second-order valence-electron chi connectivity index (χ2n) is 5.83. The molecule has 3 heteroatoms. The number of rotatable bonds is 6.